The zero-order valence-electron chi connectivity index (χ0n) is 18.3. The van der Waals surface area contributed by atoms with Crippen molar-refractivity contribution in [3.05, 3.63) is 52.5 Å². The van der Waals surface area contributed by atoms with Gasteiger partial charge in [-0.15, -0.1) is 0 Å². The van der Waals surface area contributed by atoms with Gasteiger partial charge in [0, 0.05) is 31.0 Å². The summed E-state index contributed by atoms with van der Waals surface area (Å²) in [7, 11) is 0. The molecule has 1 aromatic heterocycles. The third kappa shape index (κ3) is 4.80. The van der Waals surface area contributed by atoms with E-state index in [1.54, 1.807) is 49.4 Å². The summed E-state index contributed by atoms with van der Waals surface area (Å²) >= 11 is 7.53. The molecule has 2 aromatic carbocycles. The van der Waals surface area contributed by atoms with Crippen molar-refractivity contribution in [3.8, 4) is 10.9 Å². The summed E-state index contributed by atoms with van der Waals surface area (Å²) in [6, 6.07) is 11.3. The molecule has 0 bridgehead atoms. The molecule has 31 heavy (non-hydrogen) atoms. The van der Waals surface area contributed by atoms with Gasteiger partial charge in [0.15, 0.2) is 5.60 Å². The summed E-state index contributed by atoms with van der Waals surface area (Å²) in [5, 5.41) is 1.35. The second-order valence-electron chi connectivity index (χ2n) is 8.53. The lowest BCUT2D eigenvalue weighted by atomic mass is 10.0. The van der Waals surface area contributed by atoms with Crippen molar-refractivity contribution in [1.82, 2.24) is 9.88 Å². The van der Waals surface area contributed by atoms with Gasteiger partial charge in [0.1, 0.15) is 11.9 Å². The average molecular weight is 459 g/mol. The van der Waals surface area contributed by atoms with Crippen LogP contribution < -0.4 is 9.47 Å². The molecule has 0 unspecified atom stereocenters. The summed E-state index contributed by atoms with van der Waals surface area (Å²) in [4.78, 5) is 19.6. The molecular weight excluding hydrogens is 432 g/mol. The van der Waals surface area contributed by atoms with Crippen LogP contribution in [0.2, 0.25) is 5.02 Å². The Kier molecular flexibility index (Phi) is 6.13. The Bertz CT molecular complexity index is 1050. The quantitative estimate of drug-likeness (QED) is 0.485. The fourth-order valence-corrected chi connectivity index (χ4v) is 4.99. The number of rotatable bonds is 5. The zero-order chi connectivity index (χ0) is 22.2. The number of nitrogens with zero attached hydrogens (tertiary/aromatic N) is 2. The first kappa shape index (κ1) is 21.9. The standard InChI is InChI=1S/C24H27ClN2O3S/c1-15-5-6-16(2)21-20(15)26-23(31-21)29-18-11-13-27(14-12-18)22(28)24(3,4)30-19-9-7-17(25)8-10-19/h5-10,18H,11-14H2,1-4H3. The van der Waals surface area contributed by atoms with Crippen molar-refractivity contribution < 1.29 is 14.3 Å². The summed E-state index contributed by atoms with van der Waals surface area (Å²) in [6.07, 6.45) is 1.61. The molecule has 0 aliphatic carbocycles. The molecule has 4 rings (SSSR count). The van der Waals surface area contributed by atoms with Crippen LogP contribution in [0.4, 0.5) is 0 Å². The van der Waals surface area contributed by atoms with Crippen LogP contribution in [-0.4, -0.2) is 40.6 Å². The third-order valence-corrected chi connectivity index (χ3v) is 6.95. The van der Waals surface area contributed by atoms with E-state index in [1.807, 2.05) is 4.90 Å². The number of carbonyl (C=O) groups is 1. The molecule has 1 amide bonds. The molecule has 7 heteroatoms. The van der Waals surface area contributed by atoms with Crippen LogP contribution in [0, 0.1) is 13.8 Å². The number of fused-ring (bicyclic) bond motifs is 1. The van der Waals surface area contributed by atoms with Crippen LogP contribution in [0.5, 0.6) is 10.9 Å². The van der Waals surface area contributed by atoms with Gasteiger partial charge in [0.25, 0.3) is 11.1 Å². The van der Waals surface area contributed by atoms with E-state index in [2.05, 4.69) is 26.0 Å². The fourth-order valence-electron chi connectivity index (χ4n) is 3.83. The number of hydrogen-bond donors (Lipinski definition) is 0. The van der Waals surface area contributed by atoms with Crippen LogP contribution in [0.1, 0.15) is 37.8 Å². The van der Waals surface area contributed by atoms with E-state index < -0.39 is 5.60 Å². The van der Waals surface area contributed by atoms with E-state index in [-0.39, 0.29) is 12.0 Å². The second-order valence-corrected chi connectivity index (χ2v) is 9.93. The lowest BCUT2D eigenvalue weighted by Gasteiger charge is -2.36. The van der Waals surface area contributed by atoms with Gasteiger partial charge in [-0.25, -0.2) is 4.98 Å². The highest BCUT2D eigenvalue weighted by Gasteiger charge is 2.36. The van der Waals surface area contributed by atoms with E-state index in [1.165, 1.54) is 10.3 Å². The zero-order valence-corrected chi connectivity index (χ0v) is 19.8. The Hall–Kier alpha value is -2.31. The van der Waals surface area contributed by atoms with Gasteiger partial charge in [-0.1, -0.05) is 35.1 Å². The van der Waals surface area contributed by atoms with Gasteiger partial charge >= 0.3 is 0 Å². The Morgan fingerprint density at radius 2 is 1.74 bits per heavy atom. The van der Waals surface area contributed by atoms with Crippen molar-refractivity contribution in [2.45, 2.75) is 52.2 Å². The van der Waals surface area contributed by atoms with Crippen molar-refractivity contribution in [2.24, 2.45) is 0 Å². The fraction of sp³-hybridized carbons (Fsp3) is 0.417. The van der Waals surface area contributed by atoms with E-state index in [4.69, 9.17) is 26.1 Å². The molecule has 3 aromatic rings. The van der Waals surface area contributed by atoms with E-state index >= 15 is 0 Å². The lowest BCUT2D eigenvalue weighted by Crippen LogP contribution is -2.52. The molecule has 164 valence electrons. The van der Waals surface area contributed by atoms with Crippen molar-refractivity contribution >= 4 is 39.1 Å². The summed E-state index contributed by atoms with van der Waals surface area (Å²) in [5.74, 6) is 0.606. The number of thiazole rings is 1. The molecule has 0 radical (unpaired) electrons. The summed E-state index contributed by atoms with van der Waals surface area (Å²) < 4.78 is 13.3. The number of likely N-dealkylation sites (tertiary alicyclic amines) is 1. The molecule has 1 aliphatic rings. The van der Waals surface area contributed by atoms with Crippen LogP contribution in [-0.2, 0) is 4.79 Å². The number of aryl methyl sites for hydroxylation is 2. The number of benzene rings is 2. The number of ether oxygens (including phenoxy) is 2. The lowest BCUT2D eigenvalue weighted by molar-refractivity contribution is -0.147. The minimum Gasteiger partial charge on any atom is -0.478 e. The molecule has 0 N–H and O–H groups in total. The molecule has 0 atom stereocenters. The maximum atomic E-state index is 13.1. The maximum absolute atomic E-state index is 13.1. The maximum Gasteiger partial charge on any atom is 0.274 e. The van der Waals surface area contributed by atoms with E-state index in [0.29, 0.717) is 29.1 Å². The second kappa shape index (κ2) is 8.67. The molecule has 0 spiro atoms. The minimum atomic E-state index is -0.955. The Labute approximate surface area is 191 Å². The number of amides is 1. The first-order valence-electron chi connectivity index (χ1n) is 10.5. The summed E-state index contributed by atoms with van der Waals surface area (Å²) in [5.41, 5.74) is 2.45. The Morgan fingerprint density at radius 3 is 2.39 bits per heavy atom. The Balaban J connectivity index is 1.35. The predicted molar refractivity (Wildman–Crippen MR) is 125 cm³/mol. The molecule has 2 heterocycles. The van der Waals surface area contributed by atoms with Gasteiger partial charge in [-0.3, -0.25) is 4.79 Å². The smallest absolute Gasteiger partial charge is 0.274 e. The van der Waals surface area contributed by atoms with Gasteiger partial charge in [0.2, 0.25) is 0 Å². The molecule has 1 saturated heterocycles. The largest absolute Gasteiger partial charge is 0.478 e. The van der Waals surface area contributed by atoms with E-state index in [0.717, 1.165) is 23.9 Å². The average Bonchev–Trinajstić information content (AvgIpc) is 3.17. The topological polar surface area (TPSA) is 51.7 Å². The first-order chi connectivity index (χ1) is 14.7. The van der Waals surface area contributed by atoms with Crippen LogP contribution in [0.15, 0.2) is 36.4 Å². The normalized spacial score (nSPS) is 15.3. The molecule has 5 nitrogen and oxygen atoms in total. The van der Waals surface area contributed by atoms with Gasteiger partial charge in [0.05, 0.1) is 10.2 Å². The highest BCUT2D eigenvalue weighted by Crippen LogP contribution is 2.34. The SMILES string of the molecule is Cc1ccc(C)c2sc(OC3CCN(C(=O)C(C)(C)Oc4ccc(Cl)cc4)CC3)nc12. The van der Waals surface area contributed by atoms with Crippen LogP contribution >= 0.6 is 22.9 Å². The molecule has 1 aliphatic heterocycles. The highest BCUT2D eigenvalue weighted by atomic mass is 35.5. The van der Waals surface area contributed by atoms with Gasteiger partial charge < -0.3 is 14.4 Å². The monoisotopic (exact) mass is 458 g/mol. The van der Waals surface area contributed by atoms with Crippen molar-refractivity contribution in [2.75, 3.05) is 13.1 Å². The number of halogens is 1. The minimum absolute atomic E-state index is 0.0212. The third-order valence-electron chi connectivity index (χ3n) is 5.62. The van der Waals surface area contributed by atoms with Gasteiger partial charge in [-0.2, -0.15) is 0 Å². The van der Waals surface area contributed by atoms with Crippen LogP contribution in [0.3, 0.4) is 0 Å². The number of piperidine rings is 1. The molecular formula is C24H27ClN2O3S. The van der Waals surface area contributed by atoms with Crippen molar-refractivity contribution in [1.29, 1.82) is 0 Å². The Morgan fingerprint density at radius 1 is 1.10 bits per heavy atom. The number of aromatic nitrogens is 1. The molecule has 0 saturated carbocycles. The van der Waals surface area contributed by atoms with Gasteiger partial charge in [-0.05, 0) is 63.1 Å². The molecule has 1 fully saturated rings. The van der Waals surface area contributed by atoms with Crippen LogP contribution in [0.25, 0.3) is 10.2 Å². The summed E-state index contributed by atoms with van der Waals surface area (Å²) in [6.45, 7) is 9.06. The van der Waals surface area contributed by atoms with E-state index in [9.17, 15) is 4.79 Å². The highest BCUT2D eigenvalue weighted by molar-refractivity contribution is 7.20. The predicted octanol–water partition coefficient (Wildman–Crippen LogP) is 5.79. The number of carbonyl (C=O) groups excluding carboxylic acids is 1. The van der Waals surface area contributed by atoms with Crippen molar-refractivity contribution in [3.63, 3.8) is 0 Å². The number of hydrogen-bond acceptors (Lipinski definition) is 5. The first-order valence-corrected chi connectivity index (χ1v) is 11.7.